The Labute approximate surface area is 60.8 Å². The molecular weight excluding hydrogens is 136 g/mol. The van der Waals surface area contributed by atoms with Crippen molar-refractivity contribution < 1.29 is 0 Å². The van der Waals surface area contributed by atoms with Crippen molar-refractivity contribution in [1.82, 2.24) is 0 Å². The first-order chi connectivity index (χ1) is 3.75. The lowest BCUT2D eigenvalue weighted by Crippen LogP contribution is -1.98. The van der Waals surface area contributed by atoms with Crippen LogP contribution in [0.15, 0.2) is 0 Å². The first-order valence-corrected chi connectivity index (χ1v) is 4.77. The summed E-state index contributed by atoms with van der Waals surface area (Å²) in [6.45, 7) is 2.28. The first-order valence-electron chi connectivity index (χ1n) is 2.96. The molecule has 0 aromatic carbocycles. The van der Waals surface area contributed by atoms with Gasteiger partial charge in [-0.1, -0.05) is 6.92 Å². The molecule has 0 aliphatic heterocycles. The van der Waals surface area contributed by atoms with Crippen molar-refractivity contribution in [3.8, 4) is 0 Å². The number of thiol groups is 1. The lowest BCUT2D eigenvalue weighted by Gasteiger charge is -2.03. The van der Waals surface area contributed by atoms with Crippen LogP contribution in [0.5, 0.6) is 0 Å². The van der Waals surface area contributed by atoms with E-state index in [2.05, 4.69) is 25.8 Å². The highest BCUT2D eigenvalue weighted by atomic mass is 32.2. The molecule has 0 bridgehead atoms. The van der Waals surface area contributed by atoms with Gasteiger partial charge in [0.1, 0.15) is 0 Å². The molecule has 1 fully saturated rings. The molecule has 48 valence electrons. The third kappa shape index (κ3) is 1.35. The number of thioether (sulfide) groups is 1. The summed E-state index contributed by atoms with van der Waals surface area (Å²) < 4.78 is 0. The Morgan fingerprint density at radius 3 is 2.38 bits per heavy atom. The highest BCUT2D eigenvalue weighted by Crippen LogP contribution is 2.42. The van der Waals surface area contributed by atoms with Crippen molar-refractivity contribution in [2.24, 2.45) is 5.92 Å². The third-order valence-electron chi connectivity index (χ3n) is 1.78. The molecule has 0 nitrogen and oxygen atoms in total. The Hall–Kier alpha value is 0.700. The number of rotatable bonds is 2. The highest BCUT2D eigenvalue weighted by molar-refractivity contribution is 7.99. The average Bonchev–Trinajstić information content (AvgIpc) is 2.45. The van der Waals surface area contributed by atoms with E-state index in [0.29, 0.717) is 0 Å². The molecule has 3 atom stereocenters. The minimum Gasteiger partial charge on any atom is -0.176 e. The summed E-state index contributed by atoms with van der Waals surface area (Å²) in [5.74, 6) is 0.910. The molecule has 2 heteroatoms. The number of hydrogen-bond acceptors (Lipinski definition) is 2. The van der Waals surface area contributed by atoms with E-state index < -0.39 is 0 Å². The van der Waals surface area contributed by atoms with E-state index in [9.17, 15) is 0 Å². The lowest BCUT2D eigenvalue weighted by atomic mass is 10.3. The molecule has 0 heterocycles. The van der Waals surface area contributed by atoms with E-state index >= 15 is 0 Å². The van der Waals surface area contributed by atoms with Gasteiger partial charge in [0.05, 0.1) is 0 Å². The van der Waals surface area contributed by atoms with Crippen molar-refractivity contribution in [2.45, 2.75) is 23.8 Å². The standard InChI is InChI=1S/C6H12S2/c1-4(8-2)5-3-6(5)7/h4-7H,3H2,1-2H3. The molecular formula is C6H12S2. The molecule has 0 radical (unpaired) electrons. The van der Waals surface area contributed by atoms with Crippen LogP contribution in [0.4, 0.5) is 0 Å². The Morgan fingerprint density at radius 1 is 1.75 bits per heavy atom. The van der Waals surface area contributed by atoms with Crippen molar-refractivity contribution >= 4 is 24.4 Å². The molecule has 0 aromatic rings. The van der Waals surface area contributed by atoms with E-state index in [1.165, 1.54) is 6.42 Å². The van der Waals surface area contributed by atoms with Crippen LogP contribution in [0.3, 0.4) is 0 Å². The fraction of sp³-hybridized carbons (Fsp3) is 1.00. The van der Waals surface area contributed by atoms with Crippen LogP contribution in [-0.2, 0) is 0 Å². The molecule has 3 unspecified atom stereocenters. The largest absolute Gasteiger partial charge is 0.176 e. The quantitative estimate of drug-likeness (QED) is 0.585. The van der Waals surface area contributed by atoms with Crippen LogP contribution >= 0.6 is 24.4 Å². The van der Waals surface area contributed by atoms with Crippen LogP contribution in [0.2, 0.25) is 0 Å². The van der Waals surface area contributed by atoms with Gasteiger partial charge in [0.2, 0.25) is 0 Å². The minimum absolute atomic E-state index is 0.720. The summed E-state index contributed by atoms with van der Waals surface area (Å²) >= 11 is 6.30. The molecule has 0 spiro atoms. The second kappa shape index (κ2) is 2.53. The van der Waals surface area contributed by atoms with E-state index in [4.69, 9.17) is 0 Å². The van der Waals surface area contributed by atoms with Crippen LogP contribution in [0.1, 0.15) is 13.3 Å². The van der Waals surface area contributed by atoms with Gasteiger partial charge in [0.25, 0.3) is 0 Å². The van der Waals surface area contributed by atoms with Crippen molar-refractivity contribution in [3.05, 3.63) is 0 Å². The smallest absolute Gasteiger partial charge is 0.00593 e. The maximum Gasteiger partial charge on any atom is 0.00593 e. The molecule has 0 amide bonds. The van der Waals surface area contributed by atoms with E-state index in [0.717, 1.165) is 16.4 Å². The molecule has 8 heavy (non-hydrogen) atoms. The Kier molecular flexibility index (Phi) is 2.15. The maximum absolute atomic E-state index is 4.35. The Morgan fingerprint density at radius 2 is 2.25 bits per heavy atom. The molecule has 1 saturated carbocycles. The van der Waals surface area contributed by atoms with Crippen molar-refractivity contribution in [3.63, 3.8) is 0 Å². The summed E-state index contributed by atoms with van der Waals surface area (Å²) in [5.41, 5.74) is 0. The predicted molar refractivity (Wildman–Crippen MR) is 43.9 cm³/mol. The van der Waals surface area contributed by atoms with Gasteiger partial charge >= 0.3 is 0 Å². The van der Waals surface area contributed by atoms with Gasteiger partial charge in [-0.2, -0.15) is 24.4 Å². The summed E-state index contributed by atoms with van der Waals surface area (Å²) in [4.78, 5) is 0. The second-order valence-electron chi connectivity index (χ2n) is 2.41. The fourth-order valence-electron chi connectivity index (χ4n) is 0.880. The third-order valence-corrected chi connectivity index (χ3v) is 3.47. The van der Waals surface area contributed by atoms with E-state index in [1.54, 1.807) is 0 Å². The monoisotopic (exact) mass is 148 g/mol. The topological polar surface area (TPSA) is 0 Å². The second-order valence-corrected chi connectivity index (χ2v) is 4.29. The number of hydrogen-bond donors (Lipinski definition) is 1. The van der Waals surface area contributed by atoms with Crippen molar-refractivity contribution in [2.75, 3.05) is 6.26 Å². The predicted octanol–water partition coefficient (Wildman–Crippen LogP) is 2.06. The minimum atomic E-state index is 0.720. The van der Waals surface area contributed by atoms with Gasteiger partial charge in [-0.15, -0.1) is 0 Å². The van der Waals surface area contributed by atoms with Crippen LogP contribution in [0.25, 0.3) is 0 Å². The van der Waals surface area contributed by atoms with Crippen LogP contribution in [0, 0.1) is 5.92 Å². The van der Waals surface area contributed by atoms with Gasteiger partial charge in [0, 0.05) is 10.5 Å². The Balaban J connectivity index is 2.18. The zero-order valence-corrected chi connectivity index (χ0v) is 7.01. The van der Waals surface area contributed by atoms with Gasteiger partial charge in [0.15, 0.2) is 0 Å². The summed E-state index contributed by atoms with van der Waals surface area (Å²) in [5, 5.41) is 1.55. The maximum atomic E-state index is 4.35. The Bertz CT molecular complexity index is 80.6. The van der Waals surface area contributed by atoms with Gasteiger partial charge in [-0.3, -0.25) is 0 Å². The molecule has 1 aliphatic carbocycles. The summed E-state index contributed by atoms with van der Waals surface area (Å²) in [7, 11) is 0. The zero-order chi connectivity index (χ0) is 6.15. The molecule has 1 rings (SSSR count). The molecule has 0 aromatic heterocycles. The molecule has 0 N–H and O–H groups in total. The summed E-state index contributed by atoms with van der Waals surface area (Å²) in [6, 6.07) is 0. The first kappa shape index (κ1) is 6.81. The molecule has 0 saturated heterocycles. The zero-order valence-electron chi connectivity index (χ0n) is 5.29. The summed E-state index contributed by atoms with van der Waals surface area (Å²) in [6.07, 6.45) is 3.51. The van der Waals surface area contributed by atoms with Gasteiger partial charge in [-0.05, 0) is 18.6 Å². The normalized spacial score (nSPS) is 39.4. The van der Waals surface area contributed by atoms with Crippen molar-refractivity contribution in [1.29, 1.82) is 0 Å². The molecule has 1 aliphatic rings. The van der Waals surface area contributed by atoms with Crippen LogP contribution < -0.4 is 0 Å². The SMILES string of the molecule is CSC(C)C1CC1S. The van der Waals surface area contributed by atoms with Crippen LogP contribution in [-0.4, -0.2) is 16.8 Å². The van der Waals surface area contributed by atoms with E-state index in [-0.39, 0.29) is 0 Å². The fourth-order valence-corrected chi connectivity index (χ4v) is 2.15. The highest BCUT2D eigenvalue weighted by Gasteiger charge is 2.37. The van der Waals surface area contributed by atoms with Gasteiger partial charge < -0.3 is 0 Å². The average molecular weight is 148 g/mol. The lowest BCUT2D eigenvalue weighted by molar-refractivity contribution is 0.827. The van der Waals surface area contributed by atoms with E-state index in [1.807, 2.05) is 11.8 Å². The van der Waals surface area contributed by atoms with Gasteiger partial charge in [-0.25, -0.2) is 0 Å².